The summed E-state index contributed by atoms with van der Waals surface area (Å²) in [5, 5.41) is 0. The van der Waals surface area contributed by atoms with Gasteiger partial charge < -0.3 is 13.6 Å². The number of allylic oxidation sites excluding steroid dienone is 2. The van der Waals surface area contributed by atoms with E-state index in [9.17, 15) is 4.79 Å². The normalized spacial score (nSPS) is 12.4. The molecule has 0 aromatic heterocycles. The Bertz CT molecular complexity index is 319. The first-order valence-electron chi connectivity index (χ1n) is 6.05. The van der Waals surface area contributed by atoms with Crippen molar-refractivity contribution in [1.29, 1.82) is 0 Å². The summed E-state index contributed by atoms with van der Waals surface area (Å²) < 4.78 is 16.1. The Labute approximate surface area is 111 Å². The molecule has 0 rings (SSSR count). The lowest BCUT2D eigenvalue weighted by Crippen LogP contribution is -2.36. The highest BCUT2D eigenvalue weighted by atomic mass is 28.4. The van der Waals surface area contributed by atoms with Gasteiger partial charge in [0.25, 0.3) is 0 Å². The van der Waals surface area contributed by atoms with Gasteiger partial charge in [-0.15, -0.1) is 0 Å². The van der Waals surface area contributed by atoms with Crippen molar-refractivity contribution >= 4 is 14.5 Å². The highest BCUT2D eigenvalue weighted by Gasteiger charge is 2.29. The van der Waals surface area contributed by atoms with E-state index in [1.807, 2.05) is 19.5 Å². The van der Waals surface area contributed by atoms with Crippen LogP contribution in [0.2, 0.25) is 12.6 Å². The minimum atomic E-state index is -2.12. The zero-order chi connectivity index (χ0) is 14.2. The molecule has 0 amide bonds. The van der Waals surface area contributed by atoms with Gasteiger partial charge in [-0.1, -0.05) is 13.5 Å². The van der Waals surface area contributed by atoms with E-state index in [-0.39, 0.29) is 5.97 Å². The van der Waals surface area contributed by atoms with E-state index < -0.39 is 8.56 Å². The summed E-state index contributed by atoms with van der Waals surface area (Å²) in [4.78, 5) is 11.5. The van der Waals surface area contributed by atoms with Crippen LogP contribution in [0, 0.1) is 0 Å². The molecule has 0 aliphatic rings. The molecule has 104 valence electrons. The molecule has 0 saturated carbocycles. The highest BCUT2D eigenvalue weighted by Crippen LogP contribution is 2.19. The van der Waals surface area contributed by atoms with Crippen LogP contribution in [0.15, 0.2) is 24.0 Å². The number of ether oxygens (including phenoxy) is 1. The second-order valence-corrected chi connectivity index (χ2v) is 7.87. The molecule has 0 atom stereocenters. The molecule has 0 aromatic carbocycles. The molecule has 0 aliphatic heterocycles. The van der Waals surface area contributed by atoms with Crippen molar-refractivity contribution in [3.05, 3.63) is 24.0 Å². The number of rotatable bonds is 8. The molecule has 0 aromatic rings. The van der Waals surface area contributed by atoms with Crippen LogP contribution in [0.5, 0.6) is 0 Å². The first kappa shape index (κ1) is 17.1. The maximum absolute atomic E-state index is 11.5. The van der Waals surface area contributed by atoms with Crippen molar-refractivity contribution < 1.29 is 18.4 Å². The summed E-state index contributed by atoms with van der Waals surface area (Å²) in [6.07, 6.45) is 3.36. The summed E-state index contributed by atoms with van der Waals surface area (Å²) in [5.74, 6) is 0.284. The molecule has 0 heterocycles. The Hall–Kier alpha value is -0.913. The summed E-state index contributed by atoms with van der Waals surface area (Å²) in [6.45, 7) is 9.18. The largest absolute Gasteiger partial charge is 0.428 e. The number of hydrogen-bond acceptors (Lipinski definition) is 4. The second kappa shape index (κ2) is 8.23. The quantitative estimate of drug-likeness (QED) is 0.295. The number of carbonyl (C=O) groups excluding carboxylic acids is 1. The fraction of sp³-hybridized carbons (Fsp3) is 0.615. The van der Waals surface area contributed by atoms with Crippen LogP contribution in [0.1, 0.15) is 26.7 Å². The Morgan fingerprint density at radius 1 is 1.33 bits per heavy atom. The van der Waals surface area contributed by atoms with E-state index in [0.717, 1.165) is 12.5 Å². The Balaban J connectivity index is 4.52. The Morgan fingerprint density at radius 3 is 2.28 bits per heavy atom. The van der Waals surface area contributed by atoms with Gasteiger partial charge in [-0.25, -0.2) is 4.79 Å². The standard InChI is InChI=1S/C13H24O4Si/c1-7-8-12(17-13(14)11(2)3)9-10-18(6,15-4)16-5/h8H,2,7,9-10H2,1,3-6H3. The molecule has 0 saturated heterocycles. The van der Waals surface area contributed by atoms with Crippen molar-refractivity contribution in [2.45, 2.75) is 39.3 Å². The number of esters is 1. The van der Waals surface area contributed by atoms with Crippen LogP contribution >= 0.6 is 0 Å². The fourth-order valence-corrected chi connectivity index (χ4v) is 2.54. The van der Waals surface area contributed by atoms with Gasteiger partial charge in [-0.2, -0.15) is 0 Å². The molecule has 18 heavy (non-hydrogen) atoms. The zero-order valence-electron chi connectivity index (χ0n) is 12.0. The van der Waals surface area contributed by atoms with Gasteiger partial charge in [-0.3, -0.25) is 0 Å². The molecule has 0 aliphatic carbocycles. The van der Waals surface area contributed by atoms with Crippen LogP contribution in [-0.4, -0.2) is 28.7 Å². The third-order valence-electron chi connectivity index (χ3n) is 2.69. The van der Waals surface area contributed by atoms with Gasteiger partial charge in [-0.05, 0) is 32.0 Å². The second-order valence-electron chi connectivity index (χ2n) is 4.29. The lowest BCUT2D eigenvalue weighted by atomic mass is 10.3. The van der Waals surface area contributed by atoms with Crippen molar-refractivity contribution in [2.75, 3.05) is 14.2 Å². The third-order valence-corrected chi connectivity index (χ3v) is 5.58. The lowest BCUT2D eigenvalue weighted by molar-refractivity contribution is -0.135. The van der Waals surface area contributed by atoms with E-state index in [2.05, 4.69) is 6.58 Å². The predicted molar refractivity (Wildman–Crippen MR) is 74.3 cm³/mol. The minimum absolute atomic E-state index is 0.382. The van der Waals surface area contributed by atoms with Gasteiger partial charge in [0.05, 0.1) is 0 Å². The van der Waals surface area contributed by atoms with Crippen molar-refractivity contribution in [3.63, 3.8) is 0 Å². The average molecular weight is 272 g/mol. The monoisotopic (exact) mass is 272 g/mol. The van der Waals surface area contributed by atoms with Crippen molar-refractivity contribution in [3.8, 4) is 0 Å². The number of hydrogen-bond donors (Lipinski definition) is 0. The average Bonchev–Trinajstić information content (AvgIpc) is 2.35. The van der Waals surface area contributed by atoms with Crippen LogP contribution in [0.3, 0.4) is 0 Å². The summed E-state index contributed by atoms with van der Waals surface area (Å²) in [5.41, 5.74) is 0.399. The SMILES string of the molecule is C=C(C)C(=O)OC(=CCC)CC[Si](C)(OC)OC. The Morgan fingerprint density at radius 2 is 1.89 bits per heavy atom. The van der Waals surface area contributed by atoms with Gasteiger partial charge >= 0.3 is 14.5 Å². The topological polar surface area (TPSA) is 44.8 Å². The highest BCUT2D eigenvalue weighted by molar-refractivity contribution is 6.65. The molecule has 0 bridgehead atoms. The molecule has 0 unspecified atom stereocenters. The maximum atomic E-state index is 11.5. The van der Waals surface area contributed by atoms with E-state index in [1.165, 1.54) is 0 Å². The first-order chi connectivity index (χ1) is 8.38. The smallest absolute Gasteiger partial charge is 0.338 e. The van der Waals surface area contributed by atoms with Crippen LogP contribution in [0.25, 0.3) is 0 Å². The molecular weight excluding hydrogens is 248 g/mol. The summed E-state index contributed by atoms with van der Waals surface area (Å²) >= 11 is 0. The van der Waals surface area contributed by atoms with Crippen LogP contribution in [0.4, 0.5) is 0 Å². The molecule has 0 radical (unpaired) electrons. The van der Waals surface area contributed by atoms with Crippen LogP contribution in [-0.2, 0) is 18.4 Å². The molecule has 0 N–H and O–H groups in total. The van der Waals surface area contributed by atoms with Gasteiger partial charge in [0.2, 0.25) is 0 Å². The molecule has 0 spiro atoms. The summed E-state index contributed by atoms with van der Waals surface area (Å²) in [6, 6.07) is 0.745. The fourth-order valence-electron chi connectivity index (χ4n) is 1.27. The first-order valence-corrected chi connectivity index (χ1v) is 8.58. The molecule has 4 nitrogen and oxygen atoms in total. The third kappa shape index (κ3) is 6.14. The zero-order valence-corrected chi connectivity index (χ0v) is 13.0. The lowest BCUT2D eigenvalue weighted by Gasteiger charge is -2.23. The van der Waals surface area contributed by atoms with Crippen LogP contribution < -0.4 is 0 Å². The van der Waals surface area contributed by atoms with Gasteiger partial charge in [0.15, 0.2) is 0 Å². The minimum Gasteiger partial charge on any atom is -0.428 e. The van der Waals surface area contributed by atoms with Crippen molar-refractivity contribution in [1.82, 2.24) is 0 Å². The van der Waals surface area contributed by atoms with E-state index >= 15 is 0 Å². The van der Waals surface area contributed by atoms with E-state index in [4.69, 9.17) is 13.6 Å². The maximum Gasteiger partial charge on any atom is 0.338 e. The summed E-state index contributed by atoms with van der Waals surface area (Å²) in [7, 11) is 1.18. The molecular formula is C13H24O4Si. The predicted octanol–water partition coefficient (Wildman–Crippen LogP) is 3.15. The van der Waals surface area contributed by atoms with E-state index in [1.54, 1.807) is 21.1 Å². The molecule has 0 fully saturated rings. The van der Waals surface area contributed by atoms with Crippen molar-refractivity contribution in [2.24, 2.45) is 0 Å². The van der Waals surface area contributed by atoms with Gasteiger partial charge in [0.1, 0.15) is 5.76 Å². The van der Waals surface area contributed by atoms with E-state index in [0.29, 0.717) is 17.8 Å². The molecule has 5 heteroatoms. The Kier molecular flexibility index (Phi) is 7.82. The van der Waals surface area contributed by atoms with Gasteiger partial charge in [0, 0.05) is 26.2 Å². The number of carbonyl (C=O) groups is 1.